The molecule has 1 amide bonds. The summed E-state index contributed by atoms with van der Waals surface area (Å²) < 4.78 is 10.0. The van der Waals surface area contributed by atoms with E-state index in [0.29, 0.717) is 5.75 Å². The van der Waals surface area contributed by atoms with E-state index in [2.05, 4.69) is 5.32 Å². The van der Waals surface area contributed by atoms with Gasteiger partial charge in [-0.25, -0.2) is 4.79 Å². The van der Waals surface area contributed by atoms with E-state index in [1.54, 1.807) is 24.3 Å². The molecule has 9 nitrogen and oxygen atoms in total. The molecule has 136 valence electrons. The van der Waals surface area contributed by atoms with Gasteiger partial charge in [0, 0.05) is 29.9 Å². The molecular weight excluding hydrogens is 342 g/mol. The van der Waals surface area contributed by atoms with Crippen LogP contribution >= 0.6 is 0 Å². The van der Waals surface area contributed by atoms with Crippen molar-refractivity contribution in [2.45, 2.75) is 6.54 Å². The Hall–Kier alpha value is -3.62. The van der Waals surface area contributed by atoms with Crippen LogP contribution in [0.4, 0.5) is 11.4 Å². The average Bonchev–Trinajstić information content (AvgIpc) is 2.64. The van der Waals surface area contributed by atoms with Crippen LogP contribution in [0, 0.1) is 10.1 Å². The van der Waals surface area contributed by atoms with E-state index in [4.69, 9.17) is 15.2 Å². The standard InChI is InChI=1S/C17H17N3O6/c1-25-15-5-3-2-4-11(15)9-19-16(21)10-26-17(22)13-8-12(20(23)24)6-7-14(13)18/h2-8H,9-10,18H2,1H3,(H,19,21). The molecule has 0 aromatic heterocycles. The fourth-order valence-electron chi connectivity index (χ4n) is 2.14. The van der Waals surface area contributed by atoms with Crippen molar-refractivity contribution in [1.82, 2.24) is 5.32 Å². The van der Waals surface area contributed by atoms with Crippen LogP contribution in [0.15, 0.2) is 42.5 Å². The summed E-state index contributed by atoms with van der Waals surface area (Å²) in [7, 11) is 1.52. The molecule has 0 aliphatic rings. The van der Waals surface area contributed by atoms with Crippen molar-refractivity contribution >= 4 is 23.3 Å². The fraction of sp³-hybridized carbons (Fsp3) is 0.176. The van der Waals surface area contributed by atoms with Gasteiger partial charge in [0.1, 0.15) is 5.75 Å². The molecule has 0 spiro atoms. The number of para-hydroxylation sites is 1. The third kappa shape index (κ3) is 4.69. The number of nitrogens with one attached hydrogen (secondary N) is 1. The zero-order valence-electron chi connectivity index (χ0n) is 13.9. The third-order valence-corrected chi connectivity index (χ3v) is 3.47. The smallest absolute Gasteiger partial charge is 0.341 e. The van der Waals surface area contributed by atoms with Crippen LogP contribution in [0.25, 0.3) is 0 Å². The number of benzene rings is 2. The Morgan fingerprint density at radius 3 is 2.65 bits per heavy atom. The minimum Gasteiger partial charge on any atom is -0.496 e. The Bertz CT molecular complexity index is 837. The molecule has 9 heteroatoms. The maximum absolute atomic E-state index is 12.0. The Balaban J connectivity index is 1.92. The second kappa shape index (κ2) is 8.47. The first kappa shape index (κ1) is 18.7. The molecule has 26 heavy (non-hydrogen) atoms. The van der Waals surface area contributed by atoms with Crippen molar-refractivity contribution in [2.75, 3.05) is 19.5 Å². The van der Waals surface area contributed by atoms with E-state index in [9.17, 15) is 19.7 Å². The van der Waals surface area contributed by atoms with Crippen LogP contribution in [0.5, 0.6) is 5.75 Å². The highest BCUT2D eigenvalue weighted by atomic mass is 16.6. The number of methoxy groups -OCH3 is 1. The lowest BCUT2D eigenvalue weighted by Gasteiger charge is -2.10. The summed E-state index contributed by atoms with van der Waals surface area (Å²) in [6, 6.07) is 10.6. The number of anilines is 1. The minimum atomic E-state index is -0.918. The Morgan fingerprint density at radius 1 is 1.23 bits per heavy atom. The van der Waals surface area contributed by atoms with Gasteiger partial charge in [0.05, 0.1) is 17.6 Å². The highest BCUT2D eigenvalue weighted by Crippen LogP contribution is 2.20. The zero-order valence-corrected chi connectivity index (χ0v) is 13.9. The third-order valence-electron chi connectivity index (χ3n) is 3.47. The summed E-state index contributed by atoms with van der Waals surface area (Å²) in [5.41, 5.74) is 5.94. The zero-order chi connectivity index (χ0) is 19.1. The van der Waals surface area contributed by atoms with Gasteiger partial charge in [0.2, 0.25) is 0 Å². The first-order valence-electron chi connectivity index (χ1n) is 7.52. The number of nitro benzene ring substituents is 1. The van der Waals surface area contributed by atoms with Gasteiger partial charge < -0.3 is 20.5 Å². The number of ether oxygens (including phenoxy) is 2. The average molecular weight is 359 g/mol. The molecule has 2 aromatic carbocycles. The Morgan fingerprint density at radius 2 is 1.96 bits per heavy atom. The predicted octanol–water partition coefficient (Wildman–Crippen LogP) is 1.66. The summed E-state index contributed by atoms with van der Waals surface area (Å²) in [6.07, 6.45) is 0. The molecule has 0 heterocycles. The van der Waals surface area contributed by atoms with Crippen LogP contribution in [0.2, 0.25) is 0 Å². The largest absolute Gasteiger partial charge is 0.496 e. The highest BCUT2D eigenvalue weighted by molar-refractivity contribution is 5.96. The molecule has 0 bridgehead atoms. The van der Waals surface area contributed by atoms with E-state index in [1.807, 2.05) is 0 Å². The first-order valence-corrected chi connectivity index (χ1v) is 7.52. The monoisotopic (exact) mass is 359 g/mol. The van der Waals surface area contributed by atoms with Gasteiger partial charge in [0.25, 0.3) is 11.6 Å². The van der Waals surface area contributed by atoms with E-state index < -0.39 is 23.4 Å². The molecule has 3 N–H and O–H groups in total. The number of nitrogens with two attached hydrogens (primary N) is 1. The number of nitrogens with zero attached hydrogens (tertiary/aromatic N) is 1. The lowest BCUT2D eigenvalue weighted by Crippen LogP contribution is -2.28. The number of rotatable bonds is 7. The van der Waals surface area contributed by atoms with Crippen LogP contribution in [0.3, 0.4) is 0 Å². The summed E-state index contributed by atoms with van der Waals surface area (Å²) >= 11 is 0. The highest BCUT2D eigenvalue weighted by Gasteiger charge is 2.17. The van der Waals surface area contributed by atoms with Gasteiger partial charge in [0.15, 0.2) is 6.61 Å². The van der Waals surface area contributed by atoms with Crippen molar-refractivity contribution in [1.29, 1.82) is 0 Å². The van der Waals surface area contributed by atoms with Crippen LogP contribution in [0.1, 0.15) is 15.9 Å². The summed E-state index contributed by atoms with van der Waals surface area (Å²) in [5.74, 6) is -0.832. The van der Waals surface area contributed by atoms with E-state index in [-0.39, 0.29) is 23.5 Å². The molecule has 0 saturated heterocycles. The molecule has 0 atom stereocenters. The van der Waals surface area contributed by atoms with Gasteiger partial charge in [-0.15, -0.1) is 0 Å². The van der Waals surface area contributed by atoms with E-state index >= 15 is 0 Å². The second-order valence-corrected chi connectivity index (χ2v) is 5.19. The number of carbonyl (C=O) groups excluding carboxylic acids is 2. The summed E-state index contributed by atoms with van der Waals surface area (Å²) in [4.78, 5) is 33.9. The summed E-state index contributed by atoms with van der Waals surface area (Å²) in [6.45, 7) is -0.352. The molecule has 0 unspecified atom stereocenters. The number of carbonyl (C=O) groups is 2. The van der Waals surface area contributed by atoms with Gasteiger partial charge in [-0.1, -0.05) is 18.2 Å². The molecule has 0 fully saturated rings. The number of esters is 1. The number of non-ortho nitro benzene ring substituents is 1. The molecule has 2 rings (SSSR count). The number of nitro groups is 1. The van der Waals surface area contributed by atoms with Crippen molar-refractivity contribution in [3.05, 3.63) is 63.7 Å². The lowest BCUT2D eigenvalue weighted by atomic mass is 10.1. The Labute approximate surface area is 148 Å². The summed E-state index contributed by atoms with van der Waals surface area (Å²) in [5, 5.41) is 13.4. The maximum atomic E-state index is 12.0. The number of nitrogen functional groups attached to an aromatic ring is 1. The van der Waals surface area contributed by atoms with Crippen molar-refractivity contribution in [2.24, 2.45) is 0 Å². The molecule has 0 saturated carbocycles. The van der Waals surface area contributed by atoms with E-state index in [1.165, 1.54) is 19.2 Å². The molecule has 0 aliphatic heterocycles. The number of hydrogen-bond donors (Lipinski definition) is 2. The van der Waals surface area contributed by atoms with Crippen molar-refractivity contribution in [3.8, 4) is 5.75 Å². The van der Waals surface area contributed by atoms with Crippen LogP contribution < -0.4 is 15.8 Å². The van der Waals surface area contributed by atoms with Crippen molar-refractivity contribution < 1.29 is 24.0 Å². The quantitative estimate of drug-likeness (QED) is 0.332. The molecule has 2 aromatic rings. The van der Waals surface area contributed by atoms with E-state index in [0.717, 1.165) is 11.6 Å². The number of hydrogen-bond acceptors (Lipinski definition) is 7. The Kier molecular flexibility index (Phi) is 6.10. The van der Waals surface area contributed by atoms with Gasteiger partial charge >= 0.3 is 5.97 Å². The number of amides is 1. The minimum absolute atomic E-state index is 0.0232. The predicted molar refractivity (Wildman–Crippen MR) is 92.6 cm³/mol. The molecular formula is C17H17N3O6. The lowest BCUT2D eigenvalue weighted by molar-refractivity contribution is -0.384. The molecule has 0 aliphatic carbocycles. The van der Waals surface area contributed by atoms with Gasteiger partial charge in [-0.3, -0.25) is 14.9 Å². The van der Waals surface area contributed by atoms with Crippen LogP contribution in [-0.2, 0) is 16.1 Å². The first-order chi connectivity index (χ1) is 12.4. The van der Waals surface area contributed by atoms with Crippen molar-refractivity contribution in [3.63, 3.8) is 0 Å². The molecule has 0 radical (unpaired) electrons. The SMILES string of the molecule is COc1ccccc1CNC(=O)COC(=O)c1cc([N+](=O)[O-])ccc1N. The van der Waals surface area contributed by atoms with Gasteiger partial charge in [-0.2, -0.15) is 0 Å². The second-order valence-electron chi connectivity index (χ2n) is 5.19. The normalized spacial score (nSPS) is 10.0. The topological polar surface area (TPSA) is 134 Å². The maximum Gasteiger partial charge on any atom is 0.341 e. The fourth-order valence-corrected chi connectivity index (χ4v) is 2.14. The van der Waals surface area contributed by atoms with Gasteiger partial charge in [-0.05, 0) is 12.1 Å². The van der Waals surface area contributed by atoms with Crippen LogP contribution in [-0.4, -0.2) is 30.5 Å².